The van der Waals surface area contributed by atoms with Crippen molar-refractivity contribution in [2.75, 3.05) is 18.5 Å². The zero-order chi connectivity index (χ0) is 14.3. The summed E-state index contributed by atoms with van der Waals surface area (Å²) < 4.78 is 5.06. The molecule has 0 bridgehead atoms. The standard InChI is InChI=1S/C15H19NO3/c1-11(2)10-19-15(18)16-14-9-13(5-4-8-17)7-6-12(14)3/h6-7,9,11,17H,8,10H2,1-3H3,(H,16,18). The molecule has 102 valence electrons. The number of aliphatic hydroxyl groups is 1. The van der Waals surface area contributed by atoms with Gasteiger partial charge in [-0.15, -0.1) is 0 Å². The number of amides is 1. The Kier molecular flexibility index (Phi) is 5.91. The van der Waals surface area contributed by atoms with Crippen molar-refractivity contribution in [3.8, 4) is 11.8 Å². The predicted molar refractivity (Wildman–Crippen MR) is 75.0 cm³/mol. The smallest absolute Gasteiger partial charge is 0.411 e. The first-order chi connectivity index (χ1) is 9.02. The number of hydrogen-bond acceptors (Lipinski definition) is 3. The first-order valence-corrected chi connectivity index (χ1v) is 6.17. The van der Waals surface area contributed by atoms with Crippen LogP contribution in [-0.2, 0) is 4.74 Å². The molecule has 4 heteroatoms. The minimum absolute atomic E-state index is 0.187. The van der Waals surface area contributed by atoms with Crippen LogP contribution >= 0.6 is 0 Å². The van der Waals surface area contributed by atoms with E-state index in [1.165, 1.54) is 0 Å². The lowest BCUT2D eigenvalue weighted by molar-refractivity contribution is 0.147. The average molecular weight is 261 g/mol. The van der Waals surface area contributed by atoms with Gasteiger partial charge >= 0.3 is 6.09 Å². The average Bonchev–Trinajstić information content (AvgIpc) is 2.37. The maximum absolute atomic E-state index is 11.6. The first kappa shape index (κ1) is 15.1. The molecule has 1 aromatic rings. The SMILES string of the molecule is Cc1ccc(C#CCO)cc1NC(=O)OCC(C)C. The summed E-state index contributed by atoms with van der Waals surface area (Å²) in [5, 5.41) is 11.3. The van der Waals surface area contributed by atoms with Gasteiger partial charge in [0.15, 0.2) is 0 Å². The van der Waals surface area contributed by atoms with Crippen molar-refractivity contribution in [3.05, 3.63) is 29.3 Å². The normalized spacial score (nSPS) is 9.74. The van der Waals surface area contributed by atoms with Gasteiger partial charge in [0.25, 0.3) is 0 Å². The number of aryl methyl sites for hydroxylation is 1. The van der Waals surface area contributed by atoms with Crippen LogP contribution in [0.4, 0.5) is 10.5 Å². The van der Waals surface area contributed by atoms with Gasteiger partial charge in [0.2, 0.25) is 0 Å². The number of ether oxygens (including phenoxy) is 1. The van der Waals surface area contributed by atoms with Gasteiger partial charge in [0.05, 0.1) is 6.61 Å². The van der Waals surface area contributed by atoms with Crippen LogP contribution in [-0.4, -0.2) is 24.4 Å². The number of carbonyl (C=O) groups excluding carboxylic acids is 1. The molecule has 0 heterocycles. The van der Waals surface area contributed by atoms with Gasteiger partial charge in [-0.2, -0.15) is 0 Å². The second-order valence-electron chi connectivity index (χ2n) is 4.61. The topological polar surface area (TPSA) is 58.6 Å². The molecule has 4 nitrogen and oxygen atoms in total. The van der Waals surface area contributed by atoms with Gasteiger partial charge in [0, 0.05) is 11.3 Å². The summed E-state index contributed by atoms with van der Waals surface area (Å²) in [7, 11) is 0. The fourth-order valence-corrected chi connectivity index (χ4v) is 1.36. The van der Waals surface area contributed by atoms with E-state index in [1.807, 2.05) is 32.9 Å². The van der Waals surface area contributed by atoms with E-state index >= 15 is 0 Å². The van der Waals surface area contributed by atoms with E-state index in [-0.39, 0.29) is 6.61 Å². The Morgan fingerprint density at radius 2 is 2.21 bits per heavy atom. The van der Waals surface area contributed by atoms with Crippen molar-refractivity contribution < 1.29 is 14.6 Å². The molecule has 1 aromatic carbocycles. The lowest BCUT2D eigenvalue weighted by atomic mass is 10.1. The van der Waals surface area contributed by atoms with Gasteiger partial charge in [-0.1, -0.05) is 31.8 Å². The second-order valence-corrected chi connectivity index (χ2v) is 4.61. The van der Waals surface area contributed by atoms with Crippen molar-refractivity contribution in [2.45, 2.75) is 20.8 Å². The first-order valence-electron chi connectivity index (χ1n) is 6.17. The highest BCUT2D eigenvalue weighted by molar-refractivity contribution is 5.86. The third kappa shape index (κ3) is 5.45. The van der Waals surface area contributed by atoms with E-state index in [9.17, 15) is 4.79 Å². The minimum atomic E-state index is -0.468. The summed E-state index contributed by atoms with van der Waals surface area (Å²) in [4.78, 5) is 11.6. The zero-order valence-electron chi connectivity index (χ0n) is 11.5. The van der Waals surface area contributed by atoms with Crippen molar-refractivity contribution in [3.63, 3.8) is 0 Å². The highest BCUT2D eigenvalue weighted by Gasteiger charge is 2.07. The molecule has 0 radical (unpaired) electrons. The third-order valence-corrected chi connectivity index (χ3v) is 2.33. The van der Waals surface area contributed by atoms with Crippen LogP contribution in [0.25, 0.3) is 0 Å². The molecule has 1 amide bonds. The molecule has 0 unspecified atom stereocenters. The van der Waals surface area contributed by atoms with E-state index < -0.39 is 6.09 Å². The van der Waals surface area contributed by atoms with Crippen molar-refractivity contribution in [2.24, 2.45) is 5.92 Å². The molecule has 0 aliphatic carbocycles. The molecule has 19 heavy (non-hydrogen) atoms. The summed E-state index contributed by atoms with van der Waals surface area (Å²) in [6, 6.07) is 5.46. The molecular weight excluding hydrogens is 242 g/mol. The van der Waals surface area contributed by atoms with Gasteiger partial charge in [-0.3, -0.25) is 5.32 Å². The van der Waals surface area contributed by atoms with Crippen LogP contribution in [0.15, 0.2) is 18.2 Å². The van der Waals surface area contributed by atoms with Crippen LogP contribution in [0.3, 0.4) is 0 Å². The number of anilines is 1. The van der Waals surface area contributed by atoms with Crippen LogP contribution in [0.5, 0.6) is 0 Å². The Hall–Kier alpha value is -1.99. The Bertz CT molecular complexity index is 498. The van der Waals surface area contributed by atoms with Crippen LogP contribution in [0, 0.1) is 24.7 Å². The fraction of sp³-hybridized carbons (Fsp3) is 0.400. The summed E-state index contributed by atoms with van der Waals surface area (Å²) in [6.07, 6.45) is -0.468. The molecule has 0 fully saturated rings. The fourth-order valence-electron chi connectivity index (χ4n) is 1.36. The number of aliphatic hydroxyl groups excluding tert-OH is 1. The number of rotatable bonds is 3. The molecule has 2 N–H and O–H groups in total. The van der Waals surface area contributed by atoms with Crippen LogP contribution in [0.1, 0.15) is 25.0 Å². The molecule has 0 spiro atoms. The molecule has 0 atom stereocenters. The van der Waals surface area contributed by atoms with Gasteiger partial charge in [-0.05, 0) is 30.5 Å². The second kappa shape index (κ2) is 7.45. The van der Waals surface area contributed by atoms with Crippen molar-refractivity contribution in [1.29, 1.82) is 0 Å². The van der Waals surface area contributed by atoms with Gasteiger partial charge < -0.3 is 9.84 Å². The van der Waals surface area contributed by atoms with E-state index in [1.54, 1.807) is 6.07 Å². The van der Waals surface area contributed by atoms with E-state index in [0.717, 1.165) is 11.1 Å². The van der Waals surface area contributed by atoms with Gasteiger partial charge in [0.1, 0.15) is 6.61 Å². The van der Waals surface area contributed by atoms with E-state index in [2.05, 4.69) is 17.2 Å². The molecule has 0 saturated heterocycles. The number of carbonyl (C=O) groups is 1. The van der Waals surface area contributed by atoms with E-state index in [4.69, 9.17) is 9.84 Å². The maximum atomic E-state index is 11.6. The molecule has 0 saturated carbocycles. The Labute approximate surface area is 113 Å². The van der Waals surface area contributed by atoms with Crippen molar-refractivity contribution in [1.82, 2.24) is 0 Å². The van der Waals surface area contributed by atoms with Crippen LogP contribution in [0.2, 0.25) is 0 Å². The Morgan fingerprint density at radius 1 is 1.47 bits per heavy atom. The predicted octanol–water partition coefficient (Wildman–Crippen LogP) is 2.54. The molecule has 0 aliphatic rings. The maximum Gasteiger partial charge on any atom is 0.411 e. The van der Waals surface area contributed by atoms with Crippen LogP contribution < -0.4 is 5.32 Å². The van der Waals surface area contributed by atoms with Crippen molar-refractivity contribution >= 4 is 11.8 Å². The molecule has 0 aliphatic heterocycles. The lowest BCUT2D eigenvalue weighted by Crippen LogP contribution is -2.17. The molecule has 0 aromatic heterocycles. The summed E-state index contributed by atoms with van der Waals surface area (Å²) in [5.41, 5.74) is 2.33. The number of nitrogens with one attached hydrogen (secondary N) is 1. The summed E-state index contributed by atoms with van der Waals surface area (Å²) in [5.74, 6) is 5.66. The zero-order valence-corrected chi connectivity index (χ0v) is 11.5. The molecular formula is C15H19NO3. The third-order valence-electron chi connectivity index (χ3n) is 2.33. The monoisotopic (exact) mass is 261 g/mol. The Balaban J connectivity index is 2.74. The highest BCUT2D eigenvalue weighted by atomic mass is 16.5. The Morgan fingerprint density at radius 3 is 2.84 bits per heavy atom. The quantitative estimate of drug-likeness (QED) is 0.822. The largest absolute Gasteiger partial charge is 0.449 e. The molecule has 1 rings (SSSR count). The number of benzene rings is 1. The highest BCUT2D eigenvalue weighted by Crippen LogP contribution is 2.16. The summed E-state index contributed by atoms with van der Waals surface area (Å²) >= 11 is 0. The minimum Gasteiger partial charge on any atom is -0.449 e. The summed E-state index contributed by atoms with van der Waals surface area (Å²) in [6.45, 7) is 6.04. The van der Waals surface area contributed by atoms with E-state index in [0.29, 0.717) is 18.2 Å². The lowest BCUT2D eigenvalue weighted by Gasteiger charge is -2.11. The van der Waals surface area contributed by atoms with Gasteiger partial charge in [-0.25, -0.2) is 4.79 Å². The number of hydrogen-bond donors (Lipinski definition) is 2.